The van der Waals surface area contributed by atoms with E-state index < -0.39 is 0 Å². The molecule has 0 unspecified atom stereocenters. The summed E-state index contributed by atoms with van der Waals surface area (Å²) >= 11 is 0. The second kappa shape index (κ2) is 5.95. The van der Waals surface area contributed by atoms with E-state index in [9.17, 15) is 0 Å². The van der Waals surface area contributed by atoms with Crippen LogP contribution in [0.25, 0.3) is 0 Å². The first-order valence-electron chi connectivity index (χ1n) is 6.60. The Labute approximate surface area is 112 Å². The molecule has 0 radical (unpaired) electrons. The maximum absolute atomic E-state index is 5.80. The van der Waals surface area contributed by atoms with Crippen LogP contribution in [0.5, 0.6) is 0 Å². The lowest BCUT2D eigenvalue weighted by Gasteiger charge is -2.32. The summed E-state index contributed by atoms with van der Waals surface area (Å²) in [4.78, 5) is 6.57. The Bertz CT molecular complexity index is 485. The highest BCUT2D eigenvalue weighted by Crippen LogP contribution is 2.11. The molecule has 5 heteroatoms. The predicted octanol–water partition coefficient (Wildman–Crippen LogP) is 1.18. The summed E-state index contributed by atoms with van der Waals surface area (Å²) in [5, 5.41) is 4.23. The average molecular weight is 258 g/mol. The molecule has 0 bridgehead atoms. The third-order valence-corrected chi connectivity index (χ3v) is 3.30. The largest absolute Gasteiger partial charge is 0.374 e. The van der Waals surface area contributed by atoms with Gasteiger partial charge in [0.2, 0.25) is 0 Å². The third-order valence-electron chi connectivity index (χ3n) is 3.30. The number of aromatic nitrogens is 3. The molecule has 0 saturated carbocycles. The molecular formula is C14H18N4O. The zero-order valence-electron chi connectivity index (χ0n) is 10.9. The minimum atomic E-state index is 0.213. The van der Waals surface area contributed by atoms with Crippen LogP contribution in [0.3, 0.4) is 0 Å². The maximum atomic E-state index is 5.80. The normalized spacial score (nSPS) is 20.5. The molecule has 1 atom stereocenters. The van der Waals surface area contributed by atoms with Crippen LogP contribution in [-0.2, 0) is 17.8 Å². The molecule has 0 spiro atoms. The number of ether oxygens (including phenoxy) is 1. The van der Waals surface area contributed by atoms with E-state index in [4.69, 9.17) is 4.74 Å². The predicted molar refractivity (Wildman–Crippen MR) is 71.5 cm³/mol. The van der Waals surface area contributed by atoms with E-state index >= 15 is 0 Å². The standard InChI is InChI=1S/C14H18N4O/c1-3-13(9-15-4-1)10-17-7-8-19-14(11-17)12-18-6-2-5-16-18/h1-6,9,14H,7-8,10-12H2/t14-/m1/s1. The van der Waals surface area contributed by atoms with Crippen LogP contribution in [0.1, 0.15) is 5.56 Å². The first-order chi connectivity index (χ1) is 9.40. The monoisotopic (exact) mass is 258 g/mol. The number of pyridine rings is 1. The summed E-state index contributed by atoms with van der Waals surface area (Å²) in [6.45, 7) is 4.45. The highest BCUT2D eigenvalue weighted by Gasteiger charge is 2.20. The minimum absolute atomic E-state index is 0.213. The van der Waals surface area contributed by atoms with E-state index in [1.165, 1.54) is 5.56 Å². The van der Waals surface area contributed by atoms with Crippen molar-refractivity contribution in [2.75, 3.05) is 19.7 Å². The molecule has 0 N–H and O–H groups in total. The molecule has 100 valence electrons. The zero-order chi connectivity index (χ0) is 12.9. The molecule has 1 fully saturated rings. The van der Waals surface area contributed by atoms with Crippen molar-refractivity contribution in [3.63, 3.8) is 0 Å². The Morgan fingerprint density at radius 1 is 1.32 bits per heavy atom. The lowest BCUT2D eigenvalue weighted by Crippen LogP contribution is -2.43. The molecule has 0 aliphatic carbocycles. The second-order valence-electron chi connectivity index (χ2n) is 4.82. The van der Waals surface area contributed by atoms with Gasteiger partial charge in [0, 0.05) is 44.4 Å². The van der Waals surface area contributed by atoms with E-state index in [1.54, 1.807) is 6.20 Å². The van der Waals surface area contributed by atoms with Gasteiger partial charge in [0.15, 0.2) is 0 Å². The molecule has 0 aromatic carbocycles. The van der Waals surface area contributed by atoms with Crippen LogP contribution < -0.4 is 0 Å². The van der Waals surface area contributed by atoms with Crippen molar-refractivity contribution < 1.29 is 4.74 Å². The summed E-state index contributed by atoms with van der Waals surface area (Å²) in [5.41, 5.74) is 1.25. The van der Waals surface area contributed by atoms with Gasteiger partial charge >= 0.3 is 0 Å². The van der Waals surface area contributed by atoms with Crippen molar-refractivity contribution in [2.45, 2.75) is 19.2 Å². The van der Waals surface area contributed by atoms with Crippen molar-refractivity contribution in [1.82, 2.24) is 19.7 Å². The summed E-state index contributed by atoms with van der Waals surface area (Å²) in [6.07, 6.45) is 7.73. The van der Waals surface area contributed by atoms with Gasteiger partial charge in [-0.15, -0.1) is 0 Å². The number of hydrogen-bond acceptors (Lipinski definition) is 4. The topological polar surface area (TPSA) is 43.2 Å². The highest BCUT2D eigenvalue weighted by molar-refractivity contribution is 5.08. The maximum Gasteiger partial charge on any atom is 0.0898 e. The molecule has 3 heterocycles. The summed E-state index contributed by atoms with van der Waals surface area (Å²) in [5.74, 6) is 0. The first kappa shape index (κ1) is 12.3. The van der Waals surface area contributed by atoms with Crippen LogP contribution in [0, 0.1) is 0 Å². The van der Waals surface area contributed by atoms with Gasteiger partial charge in [0.05, 0.1) is 19.3 Å². The lowest BCUT2D eigenvalue weighted by atomic mass is 10.2. The Kier molecular flexibility index (Phi) is 3.86. The van der Waals surface area contributed by atoms with E-state index in [-0.39, 0.29) is 6.10 Å². The molecule has 0 amide bonds. The SMILES string of the molecule is c1cncc(CN2CCO[C@@H](Cn3cccn3)C2)c1. The Balaban J connectivity index is 1.56. The molecule has 2 aromatic heterocycles. The minimum Gasteiger partial charge on any atom is -0.374 e. The molecule has 3 rings (SSSR count). The van der Waals surface area contributed by atoms with Gasteiger partial charge in [0.25, 0.3) is 0 Å². The van der Waals surface area contributed by atoms with Crippen LogP contribution >= 0.6 is 0 Å². The van der Waals surface area contributed by atoms with E-state index in [2.05, 4.69) is 21.0 Å². The van der Waals surface area contributed by atoms with Crippen LogP contribution in [-0.4, -0.2) is 45.5 Å². The van der Waals surface area contributed by atoms with Crippen molar-refractivity contribution in [3.8, 4) is 0 Å². The van der Waals surface area contributed by atoms with Gasteiger partial charge in [0.1, 0.15) is 0 Å². The molecule has 1 aliphatic heterocycles. The smallest absolute Gasteiger partial charge is 0.0898 e. The van der Waals surface area contributed by atoms with E-state index in [0.717, 1.165) is 32.8 Å². The summed E-state index contributed by atoms with van der Waals surface area (Å²) in [6, 6.07) is 6.04. The van der Waals surface area contributed by atoms with Gasteiger partial charge in [-0.2, -0.15) is 5.10 Å². The van der Waals surface area contributed by atoms with E-state index in [0.29, 0.717) is 0 Å². The summed E-state index contributed by atoms with van der Waals surface area (Å²) < 4.78 is 7.73. The average Bonchev–Trinajstić information content (AvgIpc) is 2.93. The lowest BCUT2D eigenvalue weighted by molar-refractivity contribution is -0.0402. The van der Waals surface area contributed by atoms with Crippen molar-refractivity contribution >= 4 is 0 Å². The van der Waals surface area contributed by atoms with Crippen molar-refractivity contribution in [1.29, 1.82) is 0 Å². The highest BCUT2D eigenvalue weighted by atomic mass is 16.5. The quantitative estimate of drug-likeness (QED) is 0.826. The Hall–Kier alpha value is -1.72. The van der Waals surface area contributed by atoms with Gasteiger partial charge in [-0.05, 0) is 17.7 Å². The fourth-order valence-corrected chi connectivity index (χ4v) is 2.40. The molecule has 2 aromatic rings. The zero-order valence-corrected chi connectivity index (χ0v) is 10.9. The fraction of sp³-hybridized carbons (Fsp3) is 0.429. The van der Waals surface area contributed by atoms with Crippen LogP contribution in [0.15, 0.2) is 43.0 Å². The molecular weight excluding hydrogens is 240 g/mol. The van der Waals surface area contributed by atoms with Crippen molar-refractivity contribution in [2.24, 2.45) is 0 Å². The van der Waals surface area contributed by atoms with E-state index in [1.807, 2.05) is 35.4 Å². The Morgan fingerprint density at radius 2 is 2.32 bits per heavy atom. The van der Waals surface area contributed by atoms with Crippen molar-refractivity contribution in [3.05, 3.63) is 48.5 Å². The molecule has 1 aliphatic rings. The van der Waals surface area contributed by atoms with Gasteiger partial charge in [-0.1, -0.05) is 6.07 Å². The molecule has 1 saturated heterocycles. The second-order valence-corrected chi connectivity index (χ2v) is 4.82. The van der Waals surface area contributed by atoms with Crippen LogP contribution in [0.4, 0.5) is 0 Å². The summed E-state index contributed by atoms with van der Waals surface area (Å²) in [7, 11) is 0. The Morgan fingerprint density at radius 3 is 3.11 bits per heavy atom. The molecule has 19 heavy (non-hydrogen) atoms. The number of nitrogens with zero attached hydrogens (tertiary/aromatic N) is 4. The van der Waals surface area contributed by atoms with Gasteiger partial charge < -0.3 is 4.74 Å². The number of hydrogen-bond donors (Lipinski definition) is 0. The third kappa shape index (κ3) is 3.39. The number of rotatable bonds is 4. The first-order valence-corrected chi connectivity index (χ1v) is 6.60. The number of morpholine rings is 1. The fourth-order valence-electron chi connectivity index (χ4n) is 2.40. The van der Waals surface area contributed by atoms with Crippen LogP contribution in [0.2, 0.25) is 0 Å². The van der Waals surface area contributed by atoms with Gasteiger partial charge in [-0.25, -0.2) is 0 Å². The molecule has 5 nitrogen and oxygen atoms in total. The van der Waals surface area contributed by atoms with Gasteiger partial charge in [-0.3, -0.25) is 14.6 Å².